The molecule has 0 radical (unpaired) electrons. The van der Waals surface area contributed by atoms with Crippen molar-refractivity contribution in [1.82, 2.24) is 0 Å². The van der Waals surface area contributed by atoms with E-state index >= 15 is 0 Å². The van der Waals surface area contributed by atoms with Crippen molar-refractivity contribution < 1.29 is 5.11 Å². The number of aliphatic hydroxyl groups is 1. The van der Waals surface area contributed by atoms with E-state index in [9.17, 15) is 5.11 Å². The van der Waals surface area contributed by atoms with Crippen molar-refractivity contribution in [3.63, 3.8) is 0 Å². The fourth-order valence-corrected chi connectivity index (χ4v) is 1.36. The zero-order chi connectivity index (χ0) is 7.61. The van der Waals surface area contributed by atoms with E-state index in [0.29, 0.717) is 5.56 Å². The maximum atomic E-state index is 9.33. The van der Waals surface area contributed by atoms with Gasteiger partial charge in [0.15, 0.2) is 5.60 Å². The van der Waals surface area contributed by atoms with Gasteiger partial charge < -0.3 is 5.11 Å². The van der Waals surface area contributed by atoms with E-state index < -0.39 is 5.60 Å². The Morgan fingerprint density at radius 3 is 2.90 bits per heavy atom. The molecule has 0 amide bonds. The number of thiophene rings is 1. The SMILES string of the molecule is CC(O)(C#N)c1ccsc1. The van der Waals surface area contributed by atoms with Crippen molar-refractivity contribution in [1.29, 1.82) is 5.26 Å². The second kappa shape index (κ2) is 2.41. The van der Waals surface area contributed by atoms with Gasteiger partial charge in [-0.3, -0.25) is 0 Å². The molecule has 1 atom stereocenters. The van der Waals surface area contributed by atoms with Crippen LogP contribution in [0.5, 0.6) is 0 Å². The summed E-state index contributed by atoms with van der Waals surface area (Å²) in [4.78, 5) is 0. The summed E-state index contributed by atoms with van der Waals surface area (Å²) in [5, 5.41) is 21.4. The van der Waals surface area contributed by atoms with Crippen molar-refractivity contribution >= 4 is 11.3 Å². The van der Waals surface area contributed by atoms with Crippen LogP contribution in [0.15, 0.2) is 16.8 Å². The van der Waals surface area contributed by atoms with Crippen LogP contribution in [-0.4, -0.2) is 5.11 Å². The van der Waals surface area contributed by atoms with Gasteiger partial charge in [-0.1, -0.05) is 0 Å². The lowest BCUT2D eigenvalue weighted by atomic mass is 10.0. The highest BCUT2D eigenvalue weighted by molar-refractivity contribution is 7.08. The van der Waals surface area contributed by atoms with Gasteiger partial charge in [-0.05, 0) is 23.8 Å². The molecule has 3 heteroatoms. The summed E-state index contributed by atoms with van der Waals surface area (Å²) < 4.78 is 0. The smallest absolute Gasteiger partial charge is 0.174 e. The lowest BCUT2D eigenvalue weighted by molar-refractivity contribution is 0.120. The van der Waals surface area contributed by atoms with E-state index in [0.717, 1.165) is 0 Å². The standard InChI is InChI=1S/C7H7NOS/c1-7(9,5-8)6-2-3-10-4-6/h2-4,9H,1H3. The van der Waals surface area contributed by atoms with Crippen molar-refractivity contribution in [2.75, 3.05) is 0 Å². The first-order valence-electron chi connectivity index (χ1n) is 2.83. The molecule has 1 N–H and O–H groups in total. The van der Waals surface area contributed by atoms with Crippen LogP contribution in [0.3, 0.4) is 0 Å². The molecule has 0 spiro atoms. The largest absolute Gasteiger partial charge is 0.372 e. The number of hydrogen-bond acceptors (Lipinski definition) is 3. The average Bonchev–Trinajstić information content (AvgIpc) is 2.38. The number of hydrogen-bond donors (Lipinski definition) is 1. The van der Waals surface area contributed by atoms with Crippen LogP contribution < -0.4 is 0 Å². The molecule has 0 aliphatic heterocycles. The van der Waals surface area contributed by atoms with Crippen molar-refractivity contribution in [2.45, 2.75) is 12.5 Å². The molecule has 0 aromatic carbocycles. The Hall–Kier alpha value is -0.850. The minimum Gasteiger partial charge on any atom is -0.372 e. The molecule has 0 bridgehead atoms. The monoisotopic (exact) mass is 153 g/mol. The summed E-state index contributed by atoms with van der Waals surface area (Å²) >= 11 is 1.47. The zero-order valence-corrected chi connectivity index (χ0v) is 6.35. The van der Waals surface area contributed by atoms with Crippen LogP contribution in [0.4, 0.5) is 0 Å². The minimum absolute atomic E-state index is 0.667. The fourth-order valence-electron chi connectivity index (χ4n) is 0.606. The third-order valence-electron chi connectivity index (χ3n) is 1.30. The van der Waals surface area contributed by atoms with E-state index in [1.807, 2.05) is 5.38 Å². The molecular weight excluding hydrogens is 146 g/mol. The molecule has 0 saturated heterocycles. The van der Waals surface area contributed by atoms with Crippen molar-refractivity contribution in [3.05, 3.63) is 22.4 Å². The second-order valence-electron chi connectivity index (χ2n) is 2.20. The number of nitrogens with zero attached hydrogens (tertiary/aromatic N) is 1. The van der Waals surface area contributed by atoms with Gasteiger partial charge in [0.1, 0.15) is 6.07 Å². The lowest BCUT2D eigenvalue weighted by Crippen LogP contribution is -2.16. The van der Waals surface area contributed by atoms with Gasteiger partial charge in [-0.15, -0.1) is 0 Å². The normalized spacial score (nSPS) is 15.7. The van der Waals surface area contributed by atoms with Gasteiger partial charge >= 0.3 is 0 Å². The summed E-state index contributed by atoms with van der Waals surface area (Å²) in [6.45, 7) is 1.48. The highest BCUT2D eigenvalue weighted by Gasteiger charge is 2.21. The molecule has 0 aliphatic rings. The van der Waals surface area contributed by atoms with E-state index in [4.69, 9.17) is 5.26 Å². The molecule has 0 aliphatic carbocycles. The molecule has 10 heavy (non-hydrogen) atoms. The summed E-state index contributed by atoms with van der Waals surface area (Å²) in [7, 11) is 0. The molecule has 0 fully saturated rings. The molecule has 1 unspecified atom stereocenters. The highest BCUT2D eigenvalue weighted by Crippen LogP contribution is 2.21. The Bertz CT molecular complexity index is 245. The molecular formula is C7H7NOS. The van der Waals surface area contributed by atoms with Crippen LogP contribution in [0.25, 0.3) is 0 Å². The van der Waals surface area contributed by atoms with Crippen molar-refractivity contribution in [3.8, 4) is 6.07 Å². The van der Waals surface area contributed by atoms with E-state index in [-0.39, 0.29) is 0 Å². The fraction of sp³-hybridized carbons (Fsp3) is 0.286. The summed E-state index contributed by atoms with van der Waals surface area (Å²) in [6.07, 6.45) is 0. The van der Waals surface area contributed by atoms with Crippen LogP contribution in [0.1, 0.15) is 12.5 Å². The maximum absolute atomic E-state index is 9.33. The third-order valence-corrected chi connectivity index (χ3v) is 1.98. The lowest BCUT2D eigenvalue weighted by Gasteiger charge is -2.10. The second-order valence-corrected chi connectivity index (χ2v) is 2.98. The van der Waals surface area contributed by atoms with E-state index in [1.165, 1.54) is 18.3 Å². The molecule has 1 aromatic rings. The Morgan fingerprint density at radius 1 is 1.80 bits per heavy atom. The zero-order valence-electron chi connectivity index (χ0n) is 5.53. The number of rotatable bonds is 1. The predicted octanol–water partition coefficient (Wildman–Crippen LogP) is 1.48. The molecule has 0 saturated carbocycles. The first-order valence-corrected chi connectivity index (χ1v) is 3.77. The Balaban J connectivity index is 2.99. The predicted molar refractivity (Wildman–Crippen MR) is 39.5 cm³/mol. The summed E-state index contributed by atoms with van der Waals surface area (Å²) in [5.41, 5.74) is -0.653. The molecule has 52 valence electrons. The van der Waals surface area contributed by atoms with Crippen molar-refractivity contribution in [2.24, 2.45) is 0 Å². The average molecular weight is 153 g/mol. The van der Waals surface area contributed by atoms with Crippen LogP contribution >= 0.6 is 11.3 Å². The topological polar surface area (TPSA) is 44.0 Å². The van der Waals surface area contributed by atoms with Crippen LogP contribution in [0, 0.1) is 11.3 Å². The molecule has 1 heterocycles. The Morgan fingerprint density at radius 2 is 2.50 bits per heavy atom. The quantitative estimate of drug-likeness (QED) is 0.621. The molecule has 1 rings (SSSR count). The van der Waals surface area contributed by atoms with Crippen LogP contribution in [-0.2, 0) is 5.60 Å². The van der Waals surface area contributed by atoms with Gasteiger partial charge in [-0.2, -0.15) is 16.6 Å². The van der Waals surface area contributed by atoms with Gasteiger partial charge in [0.05, 0.1) is 0 Å². The molecule has 2 nitrogen and oxygen atoms in total. The maximum Gasteiger partial charge on any atom is 0.174 e. The van der Waals surface area contributed by atoms with Crippen LogP contribution in [0.2, 0.25) is 0 Å². The Labute approximate surface area is 63.4 Å². The highest BCUT2D eigenvalue weighted by atomic mass is 32.1. The first-order chi connectivity index (χ1) is 4.67. The minimum atomic E-state index is -1.32. The van der Waals surface area contributed by atoms with E-state index in [2.05, 4.69) is 0 Å². The third kappa shape index (κ3) is 1.18. The van der Waals surface area contributed by atoms with Gasteiger partial charge in [0, 0.05) is 5.56 Å². The Kier molecular flexibility index (Phi) is 1.75. The summed E-state index contributed by atoms with van der Waals surface area (Å²) in [5.74, 6) is 0. The summed E-state index contributed by atoms with van der Waals surface area (Å²) in [6, 6.07) is 3.55. The molecule has 1 aromatic heterocycles. The van der Waals surface area contributed by atoms with Gasteiger partial charge in [0.2, 0.25) is 0 Å². The first kappa shape index (κ1) is 7.26. The van der Waals surface area contributed by atoms with Gasteiger partial charge in [-0.25, -0.2) is 0 Å². The van der Waals surface area contributed by atoms with E-state index in [1.54, 1.807) is 17.5 Å². The number of nitriles is 1. The van der Waals surface area contributed by atoms with Gasteiger partial charge in [0.25, 0.3) is 0 Å².